The summed E-state index contributed by atoms with van der Waals surface area (Å²) in [4.78, 5) is 35.8. The Morgan fingerprint density at radius 3 is 2.55 bits per heavy atom. The first-order chi connectivity index (χ1) is 18.1. The van der Waals surface area contributed by atoms with Gasteiger partial charge in [0, 0.05) is 36.3 Å². The number of nitrogens with one attached hydrogen (secondary N) is 2. The fourth-order valence-corrected chi connectivity index (χ4v) is 4.26. The highest BCUT2D eigenvalue weighted by Gasteiger charge is 2.25. The molecule has 1 saturated heterocycles. The first kappa shape index (κ1) is 26.9. The number of hydrogen-bond donors (Lipinski definition) is 2. The summed E-state index contributed by atoms with van der Waals surface area (Å²) >= 11 is 0. The molecule has 1 aromatic heterocycles. The minimum Gasteiger partial charge on any atom is -0.494 e. The maximum atomic E-state index is 12.9. The van der Waals surface area contributed by atoms with Gasteiger partial charge in [-0.1, -0.05) is 24.6 Å². The van der Waals surface area contributed by atoms with Crippen LogP contribution in [-0.4, -0.2) is 52.7 Å². The lowest BCUT2D eigenvalue weighted by Crippen LogP contribution is -2.40. The lowest BCUT2D eigenvalue weighted by Gasteiger charge is -2.30. The molecule has 1 aliphatic heterocycles. The summed E-state index contributed by atoms with van der Waals surface area (Å²) in [6, 6.07) is 11.8. The van der Waals surface area contributed by atoms with Crippen molar-refractivity contribution in [2.24, 2.45) is 0 Å². The highest BCUT2D eigenvalue weighted by atomic mass is 16.6. The van der Waals surface area contributed by atoms with Gasteiger partial charge in [-0.3, -0.25) is 4.79 Å². The Balaban J connectivity index is 1.50. The molecular weight excluding hydrogens is 482 g/mol. The topological polar surface area (TPSA) is 106 Å². The highest BCUT2D eigenvalue weighted by Crippen LogP contribution is 2.33. The van der Waals surface area contributed by atoms with Crippen molar-refractivity contribution in [3.05, 3.63) is 59.9 Å². The van der Waals surface area contributed by atoms with E-state index in [1.807, 2.05) is 39.0 Å². The Morgan fingerprint density at radius 2 is 1.87 bits per heavy atom. The molecule has 1 aliphatic rings. The van der Waals surface area contributed by atoms with E-state index in [0.717, 1.165) is 23.1 Å². The highest BCUT2D eigenvalue weighted by molar-refractivity contribution is 6.04. The van der Waals surface area contributed by atoms with E-state index in [1.54, 1.807) is 24.2 Å². The van der Waals surface area contributed by atoms with Crippen molar-refractivity contribution in [2.75, 3.05) is 30.8 Å². The van der Waals surface area contributed by atoms with Gasteiger partial charge in [0.15, 0.2) is 0 Å². The monoisotopic (exact) mass is 517 g/mol. The molecule has 0 radical (unpaired) electrons. The molecule has 9 heteroatoms. The van der Waals surface area contributed by atoms with Crippen LogP contribution in [0.2, 0.25) is 0 Å². The minimum atomic E-state index is -0.536. The molecule has 2 heterocycles. The quantitative estimate of drug-likeness (QED) is 0.396. The number of benzene rings is 2. The molecule has 200 valence electrons. The van der Waals surface area contributed by atoms with Crippen LogP contribution in [0.4, 0.5) is 22.0 Å². The summed E-state index contributed by atoms with van der Waals surface area (Å²) in [6.45, 7) is 8.68. The van der Waals surface area contributed by atoms with Crippen LogP contribution in [-0.2, 0) is 16.0 Å². The van der Waals surface area contributed by atoms with Gasteiger partial charge in [-0.05, 0) is 63.8 Å². The van der Waals surface area contributed by atoms with Gasteiger partial charge in [-0.15, -0.1) is 0 Å². The number of likely N-dealkylation sites (tertiary alicyclic amines) is 1. The third-order valence-electron chi connectivity index (χ3n) is 6.21. The molecule has 0 aliphatic carbocycles. The van der Waals surface area contributed by atoms with Crippen LogP contribution < -0.4 is 15.4 Å². The molecule has 0 spiro atoms. The lowest BCUT2D eigenvalue weighted by atomic mass is 10.0. The van der Waals surface area contributed by atoms with Gasteiger partial charge in [0.05, 0.1) is 18.3 Å². The van der Waals surface area contributed by atoms with E-state index in [-0.39, 0.29) is 12.0 Å². The molecular formula is C29H35N5O4. The van der Waals surface area contributed by atoms with Crippen LogP contribution in [0.5, 0.6) is 5.75 Å². The number of rotatable bonds is 6. The second-order valence-corrected chi connectivity index (χ2v) is 10.2. The summed E-state index contributed by atoms with van der Waals surface area (Å²) in [6.07, 6.45) is 4.94. The van der Waals surface area contributed by atoms with E-state index in [9.17, 15) is 9.59 Å². The zero-order valence-corrected chi connectivity index (χ0v) is 22.6. The summed E-state index contributed by atoms with van der Waals surface area (Å²) in [5.74, 6) is 0.876. The molecule has 38 heavy (non-hydrogen) atoms. The Hall–Kier alpha value is -4.14. The average Bonchev–Trinajstić information content (AvgIpc) is 2.88. The van der Waals surface area contributed by atoms with Gasteiger partial charge in [-0.2, -0.15) is 0 Å². The normalized spacial score (nSPS) is 13.7. The molecule has 9 nitrogen and oxygen atoms in total. The second-order valence-electron chi connectivity index (χ2n) is 10.2. The number of amides is 2. The SMILES string of the molecule is CCc1cccc(Nc2ncnc3cc(OC)c(NC(=O)C=C4CCN(C(=O)OC(C)(C)C)CC4)cc23)c1. The number of aromatic nitrogens is 2. The van der Waals surface area contributed by atoms with Crippen LogP contribution in [0.15, 0.2) is 54.4 Å². The van der Waals surface area contributed by atoms with E-state index < -0.39 is 5.60 Å². The number of nitrogens with zero attached hydrogens (tertiary/aromatic N) is 3. The summed E-state index contributed by atoms with van der Waals surface area (Å²) < 4.78 is 11.0. The van der Waals surface area contributed by atoms with E-state index in [2.05, 4.69) is 39.7 Å². The molecule has 0 unspecified atom stereocenters. The first-order valence-corrected chi connectivity index (χ1v) is 12.8. The van der Waals surface area contributed by atoms with Gasteiger partial charge in [0.1, 0.15) is 23.5 Å². The summed E-state index contributed by atoms with van der Waals surface area (Å²) in [7, 11) is 1.55. The van der Waals surface area contributed by atoms with Gasteiger partial charge in [0.25, 0.3) is 0 Å². The number of carbonyl (C=O) groups excluding carboxylic acids is 2. The van der Waals surface area contributed by atoms with Crippen molar-refractivity contribution in [1.82, 2.24) is 14.9 Å². The van der Waals surface area contributed by atoms with E-state index in [1.165, 1.54) is 11.9 Å². The number of methoxy groups -OCH3 is 1. The third-order valence-corrected chi connectivity index (χ3v) is 6.21. The van der Waals surface area contributed by atoms with Gasteiger partial charge >= 0.3 is 6.09 Å². The number of fused-ring (bicyclic) bond motifs is 1. The van der Waals surface area contributed by atoms with Crippen LogP contribution in [0.3, 0.4) is 0 Å². The molecule has 2 aromatic carbocycles. The number of carbonyl (C=O) groups is 2. The predicted octanol–water partition coefficient (Wildman–Crippen LogP) is 5.84. The van der Waals surface area contributed by atoms with E-state index in [0.29, 0.717) is 48.7 Å². The van der Waals surface area contributed by atoms with Gasteiger partial charge < -0.3 is 25.0 Å². The van der Waals surface area contributed by atoms with Crippen LogP contribution in [0.1, 0.15) is 46.1 Å². The third kappa shape index (κ3) is 6.79. The minimum absolute atomic E-state index is 0.259. The van der Waals surface area contributed by atoms with Crippen molar-refractivity contribution >= 4 is 40.1 Å². The van der Waals surface area contributed by atoms with Crippen LogP contribution >= 0.6 is 0 Å². The van der Waals surface area contributed by atoms with Crippen molar-refractivity contribution in [1.29, 1.82) is 0 Å². The average molecular weight is 518 g/mol. The van der Waals surface area contributed by atoms with Crippen molar-refractivity contribution < 1.29 is 19.1 Å². The van der Waals surface area contributed by atoms with E-state index >= 15 is 0 Å². The fourth-order valence-electron chi connectivity index (χ4n) is 4.26. The lowest BCUT2D eigenvalue weighted by molar-refractivity contribution is -0.112. The Kier molecular flexibility index (Phi) is 8.14. The second kappa shape index (κ2) is 11.5. The van der Waals surface area contributed by atoms with E-state index in [4.69, 9.17) is 9.47 Å². The Bertz CT molecular complexity index is 1350. The fraction of sp³-hybridized carbons (Fsp3) is 0.379. The number of anilines is 3. The van der Waals surface area contributed by atoms with Crippen LogP contribution in [0.25, 0.3) is 10.9 Å². The van der Waals surface area contributed by atoms with Crippen LogP contribution in [0, 0.1) is 0 Å². The van der Waals surface area contributed by atoms with Crippen molar-refractivity contribution in [3.63, 3.8) is 0 Å². The molecule has 3 aromatic rings. The smallest absolute Gasteiger partial charge is 0.410 e. The predicted molar refractivity (Wildman–Crippen MR) is 149 cm³/mol. The Morgan fingerprint density at radius 1 is 1.11 bits per heavy atom. The maximum Gasteiger partial charge on any atom is 0.410 e. The number of piperidine rings is 1. The molecule has 2 N–H and O–H groups in total. The summed E-state index contributed by atoms with van der Waals surface area (Å²) in [5.41, 5.74) is 3.79. The Labute approximate surface area is 223 Å². The molecule has 0 atom stereocenters. The van der Waals surface area contributed by atoms with Crippen molar-refractivity contribution in [3.8, 4) is 5.75 Å². The maximum absolute atomic E-state index is 12.9. The molecule has 2 amide bonds. The molecule has 0 saturated carbocycles. The number of ether oxygens (including phenoxy) is 2. The molecule has 0 bridgehead atoms. The summed E-state index contributed by atoms with van der Waals surface area (Å²) in [5, 5.41) is 7.07. The van der Waals surface area contributed by atoms with Gasteiger partial charge in [-0.25, -0.2) is 14.8 Å². The zero-order chi connectivity index (χ0) is 27.3. The molecule has 4 rings (SSSR count). The first-order valence-electron chi connectivity index (χ1n) is 12.8. The van der Waals surface area contributed by atoms with Crippen molar-refractivity contribution in [2.45, 2.75) is 52.6 Å². The zero-order valence-electron chi connectivity index (χ0n) is 22.6. The number of hydrogen-bond acceptors (Lipinski definition) is 7. The number of aryl methyl sites for hydroxylation is 1. The largest absolute Gasteiger partial charge is 0.494 e. The van der Waals surface area contributed by atoms with Gasteiger partial charge in [0.2, 0.25) is 5.91 Å². The standard InChI is InChI=1S/C29H35N5O4/c1-6-19-8-7-9-21(14-19)32-27-22-16-24(25(37-5)17-23(22)30-18-31-27)33-26(35)15-20-10-12-34(13-11-20)28(36)38-29(2,3)4/h7-9,14-18H,6,10-13H2,1-5H3,(H,33,35)(H,30,31,32). The molecule has 1 fully saturated rings.